The number of fused-ring (bicyclic) bond motifs is 1. The van der Waals surface area contributed by atoms with Gasteiger partial charge in [-0.1, -0.05) is 12.1 Å². The highest BCUT2D eigenvalue weighted by Crippen LogP contribution is 2.24. The number of carbonyl (C=O) groups is 2. The number of Topliss-reactive ketones (excluding diaryl/α,β-unsaturated/α-hetero) is 1. The topological polar surface area (TPSA) is 37.4 Å². The molecule has 0 N–H and O–H groups in total. The molecule has 0 saturated heterocycles. The van der Waals surface area contributed by atoms with Crippen LogP contribution in [0.25, 0.3) is 0 Å². The molecule has 1 heterocycles. The van der Waals surface area contributed by atoms with Crippen LogP contribution in [0.5, 0.6) is 0 Å². The van der Waals surface area contributed by atoms with Crippen molar-refractivity contribution in [2.24, 2.45) is 0 Å². The number of amides is 1. The summed E-state index contributed by atoms with van der Waals surface area (Å²) in [5, 5.41) is 0. The third kappa shape index (κ3) is 1.13. The fourth-order valence-electron chi connectivity index (χ4n) is 1.80. The van der Waals surface area contributed by atoms with Crippen LogP contribution in [0.2, 0.25) is 0 Å². The SMILES string of the molecule is CC(=O)c1cccc2c1CN(C)C2=O. The minimum atomic E-state index is 0.00287. The van der Waals surface area contributed by atoms with Gasteiger partial charge >= 0.3 is 0 Å². The van der Waals surface area contributed by atoms with Crippen LogP contribution in [0.4, 0.5) is 0 Å². The summed E-state index contributed by atoms with van der Waals surface area (Å²) >= 11 is 0. The van der Waals surface area contributed by atoms with Crippen molar-refractivity contribution in [3.63, 3.8) is 0 Å². The lowest BCUT2D eigenvalue weighted by atomic mass is 10.0. The van der Waals surface area contributed by atoms with Gasteiger partial charge in [-0.05, 0) is 18.6 Å². The number of hydrogen-bond acceptors (Lipinski definition) is 2. The molecule has 0 aromatic heterocycles. The van der Waals surface area contributed by atoms with Crippen molar-refractivity contribution in [1.29, 1.82) is 0 Å². The number of ketones is 1. The van der Waals surface area contributed by atoms with Gasteiger partial charge in [-0.25, -0.2) is 0 Å². The van der Waals surface area contributed by atoms with Crippen molar-refractivity contribution in [3.8, 4) is 0 Å². The standard InChI is InChI=1S/C11H11NO2/c1-7(13)8-4-3-5-9-10(8)6-12(2)11(9)14/h3-5H,6H2,1-2H3. The van der Waals surface area contributed by atoms with Gasteiger partial charge in [0.2, 0.25) is 0 Å². The maximum atomic E-state index is 11.6. The second-order valence-corrected chi connectivity index (χ2v) is 3.55. The summed E-state index contributed by atoms with van der Waals surface area (Å²) in [5.74, 6) is 0.0213. The number of rotatable bonds is 1. The minimum Gasteiger partial charge on any atom is -0.337 e. The Morgan fingerprint density at radius 3 is 2.79 bits per heavy atom. The highest BCUT2D eigenvalue weighted by atomic mass is 16.2. The molecule has 0 radical (unpaired) electrons. The normalized spacial score (nSPS) is 14.4. The molecule has 14 heavy (non-hydrogen) atoms. The Bertz CT molecular complexity index is 423. The van der Waals surface area contributed by atoms with Crippen molar-refractivity contribution in [1.82, 2.24) is 4.90 Å². The average Bonchev–Trinajstić information content (AvgIpc) is 2.43. The van der Waals surface area contributed by atoms with E-state index >= 15 is 0 Å². The second kappa shape index (κ2) is 2.94. The van der Waals surface area contributed by atoms with Gasteiger partial charge in [-0.15, -0.1) is 0 Å². The van der Waals surface area contributed by atoms with Crippen LogP contribution in [0.1, 0.15) is 33.2 Å². The molecule has 1 aliphatic heterocycles. The quantitative estimate of drug-likeness (QED) is 0.627. The fraction of sp³-hybridized carbons (Fsp3) is 0.273. The first-order chi connectivity index (χ1) is 6.61. The van der Waals surface area contributed by atoms with E-state index in [0.29, 0.717) is 17.7 Å². The molecule has 3 heteroatoms. The van der Waals surface area contributed by atoms with Crippen LogP contribution in [-0.4, -0.2) is 23.6 Å². The molecule has 2 rings (SSSR count). The van der Waals surface area contributed by atoms with Crippen LogP contribution in [0.15, 0.2) is 18.2 Å². The third-order valence-electron chi connectivity index (χ3n) is 2.53. The summed E-state index contributed by atoms with van der Waals surface area (Å²) < 4.78 is 0. The average molecular weight is 189 g/mol. The van der Waals surface area contributed by atoms with Gasteiger partial charge in [0.25, 0.3) is 5.91 Å². The number of benzene rings is 1. The zero-order chi connectivity index (χ0) is 10.3. The van der Waals surface area contributed by atoms with Crippen LogP contribution in [-0.2, 0) is 6.54 Å². The zero-order valence-corrected chi connectivity index (χ0v) is 8.20. The van der Waals surface area contributed by atoms with E-state index in [2.05, 4.69) is 0 Å². The summed E-state index contributed by atoms with van der Waals surface area (Å²) in [6, 6.07) is 5.30. The molecule has 1 amide bonds. The van der Waals surface area contributed by atoms with E-state index in [-0.39, 0.29) is 11.7 Å². The van der Waals surface area contributed by atoms with E-state index in [1.807, 2.05) is 0 Å². The predicted octanol–water partition coefficient (Wildman–Crippen LogP) is 1.47. The molecule has 72 valence electrons. The molecule has 1 aromatic rings. The molecule has 1 aliphatic rings. The van der Waals surface area contributed by atoms with E-state index in [1.165, 1.54) is 6.92 Å². The van der Waals surface area contributed by atoms with Gasteiger partial charge in [0.15, 0.2) is 5.78 Å². The zero-order valence-electron chi connectivity index (χ0n) is 8.20. The smallest absolute Gasteiger partial charge is 0.254 e. The summed E-state index contributed by atoms with van der Waals surface area (Å²) in [5.41, 5.74) is 2.20. The first-order valence-corrected chi connectivity index (χ1v) is 4.49. The van der Waals surface area contributed by atoms with Crippen LogP contribution >= 0.6 is 0 Å². The highest BCUT2D eigenvalue weighted by Gasteiger charge is 2.27. The van der Waals surface area contributed by atoms with Crippen molar-refractivity contribution in [2.45, 2.75) is 13.5 Å². The van der Waals surface area contributed by atoms with Crippen molar-refractivity contribution < 1.29 is 9.59 Å². The molecule has 0 atom stereocenters. The van der Waals surface area contributed by atoms with Gasteiger partial charge in [0, 0.05) is 24.7 Å². The Hall–Kier alpha value is -1.64. The summed E-state index contributed by atoms with van der Waals surface area (Å²) in [6.07, 6.45) is 0. The molecule has 0 fully saturated rings. The highest BCUT2D eigenvalue weighted by molar-refractivity contribution is 6.04. The summed E-state index contributed by atoms with van der Waals surface area (Å²) in [6.45, 7) is 2.07. The largest absolute Gasteiger partial charge is 0.337 e. The first-order valence-electron chi connectivity index (χ1n) is 4.49. The molecular formula is C11H11NO2. The summed E-state index contributed by atoms with van der Waals surface area (Å²) in [7, 11) is 1.74. The number of nitrogens with zero attached hydrogens (tertiary/aromatic N) is 1. The Labute approximate surface area is 82.3 Å². The number of carbonyl (C=O) groups excluding carboxylic acids is 2. The maximum Gasteiger partial charge on any atom is 0.254 e. The van der Waals surface area contributed by atoms with Crippen LogP contribution in [0, 0.1) is 0 Å². The van der Waals surface area contributed by atoms with E-state index in [9.17, 15) is 9.59 Å². The third-order valence-corrected chi connectivity index (χ3v) is 2.53. The van der Waals surface area contributed by atoms with Crippen molar-refractivity contribution in [3.05, 3.63) is 34.9 Å². The molecule has 0 unspecified atom stereocenters. The predicted molar refractivity (Wildman–Crippen MR) is 52.2 cm³/mol. The fourth-order valence-corrected chi connectivity index (χ4v) is 1.80. The number of hydrogen-bond donors (Lipinski definition) is 0. The lowest BCUT2D eigenvalue weighted by Crippen LogP contribution is -2.17. The Morgan fingerprint density at radius 2 is 2.14 bits per heavy atom. The van der Waals surface area contributed by atoms with E-state index < -0.39 is 0 Å². The molecular weight excluding hydrogens is 178 g/mol. The molecule has 0 saturated carbocycles. The monoisotopic (exact) mass is 189 g/mol. The molecule has 1 aromatic carbocycles. The van der Waals surface area contributed by atoms with Crippen LogP contribution < -0.4 is 0 Å². The Balaban J connectivity index is 2.61. The maximum absolute atomic E-state index is 11.6. The lowest BCUT2D eigenvalue weighted by molar-refractivity contribution is 0.0815. The van der Waals surface area contributed by atoms with E-state index in [4.69, 9.17) is 0 Å². The lowest BCUT2D eigenvalue weighted by Gasteiger charge is -2.05. The van der Waals surface area contributed by atoms with Crippen molar-refractivity contribution >= 4 is 11.7 Å². The summed E-state index contributed by atoms with van der Waals surface area (Å²) in [4.78, 5) is 24.5. The molecule has 0 bridgehead atoms. The Kier molecular flexibility index (Phi) is 1.88. The van der Waals surface area contributed by atoms with Gasteiger partial charge in [-0.2, -0.15) is 0 Å². The first kappa shape index (κ1) is 8.94. The van der Waals surface area contributed by atoms with E-state index in [1.54, 1.807) is 30.1 Å². The van der Waals surface area contributed by atoms with Gasteiger partial charge in [-0.3, -0.25) is 9.59 Å². The van der Waals surface area contributed by atoms with E-state index in [0.717, 1.165) is 5.56 Å². The second-order valence-electron chi connectivity index (χ2n) is 3.55. The molecule has 0 spiro atoms. The van der Waals surface area contributed by atoms with Crippen molar-refractivity contribution in [2.75, 3.05) is 7.05 Å². The van der Waals surface area contributed by atoms with Crippen LogP contribution in [0.3, 0.4) is 0 Å². The minimum absolute atomic E-state index is 0.00287. The molecule has 0 aliphatic carbocycles. The van der Waals surface area contributed by atoms with Gasteiger partial charge in [0.05, 0.1) is 0 Å². The van der Waals surface area contributed by atoms with Gasteiger partial charge < -0.3 is 4.90 Å². The Morgan fingerprint density at radius 1 is 1.43 bits per heavy atom. The van der Waals surface area contributed by atoms with Gasteiger partial charge in [0.1, 0.15) is 0 Å². The molecule has 3 nitrogen and oxygen atoms in total.